The van der Waals surface area contributed by atoms with Crippen LogP contribution in [0.1, 0.15) is 40.5 Å². The minimum absolute atomic E-state index is 0.195. The molecule has 84 valence electrons. The molecule has 14 heavy (non-hydrogen) atoms. The molecule has 1 heterocycles. The number of hydrogen-bond donors (Lipinski definition) is 1. The predicted octanol–water partition coefficient (Wildman–Crippen LogP) is 2.31. The summed E-state index contributed by atoms with van der Waals surface area (Å²) in [6.07, 6.45) is 2.02. The Morgan fingerprint density at radius 3 is 2.57 bits per heavy atom. The van der Waals surface area contributed by atoms with Crippen molar-refractivity contribution in [3.63, 3.8) is 0 Å². The Balaban J connectivity index is 2.68. The van der Waals surface area contributed by atoms with Crippen molar-refractivity contribution < 1.29 is 9.57 Å². The lowest BCUT2D eigenvalue weighted by Crippen LogP contribution is -2.35. The highest BCUT2D eigenvalue weighted by atomic mass is 16.8. The van der Waals surface area contributed by atoms with E-state index in [-0.39, 0.29) is 6.29 Å². The van der Waals surface area contributed by atoms with Crippen LogP contribution >= 0.6 is 0 Å². The van der Waals surface area contributed by atoms with Crippen LogP contribution in [0, 0.1) is 17.3 Å². The molecule has 3 nitrogen and oxygen atoms in total. The van der Waals surface area contributed by atoms with Gasteiger partial charge in [0.2, 0.25) is 0 Å². The van der Waals surface area contributed by atoms with Crippen molar-refractivity contribution in [2.75, 3.05) is 6.61 Å². The molecule has 3 unspecified atom stereocenters. The molecule has 0 aromatic rings. The van der Waals surface area contributed by atoms with Crippen LogP contribution in [0.2, 0.25) is 0 Å². The standard InChI is InChI=1S/C11H23NO2/c1-5-9(11(2,3)4)8-6-7-13-10(8)14-12/h8-10H,5-7,12H2,1-4H3. The zero-order chi connectivity index (χ0) is 10.8. The van der Waals surface area contributed by atoms with Crippen LogP contribution in [0.5, 0.6) is 0 Å². The molecule has 2 N–H and O–H groups in total. The smallest absolute Gasteiger partial charge is 0.180 e. The van der Waals surface area contributed by atoms with E-state index in [1.165, 1.54) is 0 Å². The second-order valence-electron chi connectivity index (χ2n) is 5.21. The largest absolute Gasteiger partial charge is 0.351 e. The highest BCUT2D eigenvalue weighted by molar-refractivity contribution is 4.84. The molecule has 3 atom stereocenters. The molecule has 0 aliphatic carbocycles. The van der Waals surface area contributed by atoms with Gasteiger partial charge in [0.25, 0.3) is 0 Å². The second kappa shape index (κ2) is 4.60. The predicted molar refractivity (Wildman–Crippen MR) is 56.4 cm³/mol. The van der Waals surface area contributed by atoms with E-state index in [2.05, 4.69) is 27.7 Å². The molecule has 0 aromatic heterocycles. The maximum Gasteiger partial charge on any atom is 0.180 e. The van der Waals surface area contributed by atoms with Crippen molar-refractivity contribution in [2.24, 2.45) is 23.1 Å². The van der Waals surface area contributed by atoms with Crippen molar-refractivity contribution >= 4 is 0 Å². The van der Waals surface area contributed by atoms with Crippen LogP contribution in [-0.4, -0.2) is 12.9 Å². The van der Waals surface area contributed by atoms with E-state index in [9.17, 15) is 0 Å². The molecule has 0 radical (unpaired) electrons. The summed E-state index contributed by atoms with van der Waals surface area (Å²) in [6, 6.07) is 0. The second-order valence-corrected chi connectivity index (χ2v) is 5.21. The van der Waals surface area contributed by atoms with E-state index in [1.54, 1.807) is 0 Å². The van der Waals surface area contributed by atoms with E-state index in [0.29, 0.717) is 17.3 Å². The fraction of sp³-hybridized carbons (Fsp3) is 1.00. The van der Waals surface area contributed by atoms with Gasteiger partial charge in [-0.25, -0.2) is 5.90 Å². The van der Waals surface area contributed by atoms with Gasteiger partial charge >= 0.3 is 0 Å². The van der Waals surface area contributed by atoms with Crippen molar-refractivity contribution in [3.8, 4) is 0 Å². The van der Waals surface area contributed by atoms with Gasteiger partial charge in [0.15, 0.2) is 6.29 Å². The van der Waals surface area contributed by atoms with Crippen LogP contribution in [0.15, 0.2) is 0 Å². The Morgan fingerprint density at radius 2 is 2.14 bits per heavy atom. The number of nitrogens with two attached hydrogens (primary N) is 1. The molecule has 1 rings (SSSR count). The van der Waals surface area contributed by atoms with E-state index in [1.807, 2.05) is 0 Å². The van der Waals surface area contributed by atoms with Gasteiger partial charge in [-0.3, -0.25) is 4.84 Å². The normalized spacial score (nSPS) is 30.6. The van der Waals surface area contributed by atoms with Gasteiger partial charge < -0.3 is 4.74 Å². The molecule has 0 aromatic carbocycles. The first-order valence-electron chi connectivity index (χ1n) is 5.47. The Morgan fingerprint density at radius 1 is 1.50 bits per heavy atom. The molecule has 0 amide bonds. The SMILES string of the molecule is CCC(C1CCOC1ON)C(C)(C)C. The maximum atomic E-state index is 5.45. The van der Waals surface area contributed by atoms with Crippen LogP contribution in [0.4, 0.5) is 0 Å². The topological polar surface area (TPSA) is 44.5 Å². The fourth-order valence-corrected chi connectivity index (χ4v) is 2.67. The summed E-state index contributed by atoms with van der Waals surface area (Å²) in [6.45, 7) is 9.81. The van der Waals surface area contributed by atoms with Gasteiger partial charge in [-0.15, -0.1) is 0 Å². The summed E-state index contributed by atoms with van der Waals surface area (Å²) < 4.78 is 5.45. The summed E-state index contributed by atoms with van der Waals surface area (Å²) in [4.78, 5) is 4.88. The highest BCUT2D eigenvalue weighted by Gasteiger charge is 2.39. The van der Waals surface area contributed by atoms with Gasteiger partial charge in [-0.05, 0) is 17.8 Å². The quantitative estimate of drug-likeness (QED) is 0.713. The van der Waals surface area contributed by atoms with Gasteiger partial charge in [-0.1, -0.05) is 34.1 Å². The average molecular weight is 201 g/mol. The van der Waals surface area contributed by atoms with E-state index >= 15 is 0 Å². The minimum atomic E-state index is -0.195. The van der Waals surface area contributed by atoms with Crippen molar-refractivity contribution in [2.45, 2.75) is 46.8 Å². The summed E-state index contributed by atoms with van der Waals surface area (Å²) >= 11 is 0. The van der Waals surface area contributed by atoms with Crippen molar-refractivity contribution in [1.29, 1.82) is 0 Å². The first-order chi connectivity index (χ1) is 6.50. The van der Waals surface area contributed by atoms with Gasteiger partial charge in [0, 0.05) is 5.92 Å². The number of rotatable bonds is 3. The molecule has 3 heteroatoms. The third kappa shape index (κ3) is 2.47. The average Bonchev–Trinajstić information content (AvgIpc) is 2.51. The molecule has 0 saturated carbocycles. The van der Waals surface area contributed by atoms with Gasteiger partial charge in [0.05, 0.1) is 6.61 Å². The van der Waals surface area contributed by atoms with Crippen LogP contribution < -0.4 is 5.90 Å². The Bertz CT molecular complexity index is 177. The molecule has 0 spiro atoms. The van der Waals surface area contributed by atoms with E-state index in [0.717, 1.165) is 19.4 Å². The van der Waals surface area contributed by atoms with Crippen LogP contribution in [-0.2, 0) is 9.57 Å². The Hall–Kier alpha value is -0.120. The summed E-state index contributed by atoms with van der Waals surface area (Å²) in [5, 5.41) is 0. The summed E-state index contributed by atoms with van der Waals surface area (Å²) in [7, 11) is 0. The molecular formula is C11H23NO2. The first kappa shape index (κ1) is 12.0. The molecule has 1 saturated heterocycles. The number of ether oxygens (including phenoxy) is 1. The fourth-order valence-electron chi connectivity index (χ4n) is 2.67. The zero-order valence-electron chi connectivity index (χ0n) is 9.75. The number of hydrogen-bond acceptors (Lipinski definition) is 3. The monoisotopic (exact) mass is 201 g/mol. The van der Waals surface area contributed by atoms with E-state index in [4.69, 9.17) is 15.5 Å². The minimum Gasteiger partial charge on any atom is -0.351 e. The first-order valence-corrected chi connectivity index (χ1v) is 5.47. The lowest BCUT2D eigenvalue weighted by Gasteiger charge is -2.36. The molecule has 1 fully saturated rings. The molecular weight excluding hydrogens is 178 g/mol. The van der Waals surface area contributed by atoms with Crippen LogP contribution in [0.3, 0.4) is 0 Å². The Kier molecular flexibility index (Phi) is 3.93. The van der Waals surface area contributed by atoms with Crippen molar-refractivity contribution in [1.82, 2.24) is 0 Å². The lowest BCUT2D eigenvalue weighted by molar-refractivity contribution is -0.149. The highest BCUT2D eigenvalue weighted by Crippen LogP contribution is 2.41. The summed E-state index contributed by atoms with van der Waals surface area (Å²) in [5.74, 6) is 6.29. The maximum absolute atomic E-state index is 5.45. The zero-order valence-corrected chi connectivity index (χ0v) is 9.75. The lowest BCUT2D eigenvalue weighted by atomic mass is 9.71. The van der Waals surface area contributed by atoms with Crippen molar-refractivity contribution in [3.05, 3.63) is 0 Å². The summed E-state index contributed by atoms with van der Waals surface area (Å²) in [5.41, 5.74) is 0.296. The van der Waals surface area contributed by atoms with E-state index < -0.39 is 0 Å². The molecule has 1 aliphatic heterocycles. The third-order valence-electron chi connectivity index (χ3n) is 3.29. The van der Waals surface area contributed by atoms with Crippen LogP contribution in [0.25, 0.3) is 0 Å². The third-order valence-corrected chi connectivity index (χ3v) is 3.29. The molecule has 1 aliphatic rings. The Labute approximate surface area is 86.9 Å². The molecule has 0 bridgehead atoms. The van der Waals surface area contributed by atoms with Gasteiger partial charge in [-0.2, -0.15) is 0 Å². The van der Waals surface area contributed by atoms with Gasteiger partial charge in [0.1, 0.15) is 0 Å².